The number of amides is 3. The van der Waals surface area contributed by atoms with Crippen LogP contribution in [0.5, 0.6) is 5.75 Å². The maximum atomic E-state index is 12.7. The number of aromatic nitrogens is 2. The van der Waals surface area contributed by atoms with Crippen molar-refractivity contribution in [3.8, 4) is 5.75 Å². The first-order valence-corrected chi connectivity index (χ1v) is 13.0. The molecule has 11 nitrogen and oxygen atoms in total. The van der Waals surface area contributed by atoms with Crippen LogP contribution in [-0.4, -0.2) is 61.4 Å². The highest BCUT2D eigenvalue weighted by Crippen LogP contribution is 2.25. The van der Waals surface area contributed by atoms with Gasteiger partial charge in [-0.2, -0.15) is 0 Å². The van der Waals surface area contributed by atoms with Crippen LogP contribution >= 0.6 is 0 Å². The van der Waals surface area contributed by atoms with Gasteiger partial charge in [-0.1, -0.05) is 30.3 Å². The summed E-state index contributed by atoms with van der Waals surface area (Å²) in [6, 6.07) is 16.7. The van der Waals surface area contributed by atoms with Crippen molar-refractivity contribution in [2.75, 3.05) is 43.6 Å². The Morgan fingerprint density at radius 3 is 2.62 bits per heavy atom. The van der Waals surface area contributed by atoms with Crippen LogP contribution in [0.2, 0.25) is 0 Å². The van der Waals surface area contributed by atoms with Crippen LogP contribution in [0.1, 0.15) is 41.9 Å². The molecular formula is C28H35N7O4. The van der Waals surface area contributed by atoms with Crippen LogP contribution in [0.4, 0.5) is 22.1 Å². The van der Waals surface area contributed by atoms with Gasteiger partial charge in [0.25, 0.3) is 5.91 Å². The van der Waals surface area contributed by atoms with Gasteiger partial charge in [0.1, 0.15) is 18.2 Å². The van der Waals surface area contributed by atoms with Gasteiger partial charge >= 0.3 is 6.03 Å². The van der Waals surface area contributed by atoms with Crippen molar-refractivity contribution in [1.29, 1.82) is 0 Å². The second-order valence-electron chi connectivity index (χ2n) is 9.32. The van der Waals surface area contributed by atoms with Crippen molar-refractivity contribution in [2.45, 2.75) is 31.8 Å². The number of ether oxygens (including phenoxy) is 2. The predicted octanol–water partition coefficient (Wildman–Crippen LogP) is 3.37. The topological polar surface area (TPSA) is 144 Å². The summed E-state index contributed by atoms with van der Waals surface area (Å²) in [4.78, 5) is 35.7. The van der Waals surface area contributed by atoms with E-state index in [0.29, 0.717) is 37.0 Å². The molecule has 0 bridgehead atoms. The summed E-state index contributed by atoms with van der Waals surface area (Å²) in [5.74, 6) is 0.865. The Hall–Kier alpha value is -4.38. The van der Waals surface area contributed by atoms with Crippen LogP contribution in [0.3, 0.4) is 0 Å². The lowest BCUT2D eigenvalue weighted by Gasteiger charge is -2.34. The summed E-state index contributed by atoms with van der Waals surface area (Å²) in [5.41, 5.74) is 7.35. The van der Waals surface area contributed by atoms with Gasteiger partial charge in [0.05, 0.1) is 18.8 Å². The predicted molar refractivity (Wildman–Crippen MR) is 149 cm³/mol. The molecule has 2 aromatic carbocycles. The minimum absolute atomic E-state index is 0.0418. The maximum Gasteiger partial charge on any atom is 0.315 e. The number of carbonyl (C=O) groups is 2. The number of rotatable bonds is 11. The van der Waals surface area contributed by atoms with Crippen molar-refractivity contribution in [3.63, 3.8) is 0 Å². The molecule has 0 radical (unpaired) electrons. The van der Waals surface area contributed by atoms with E-state index < -0.39 is 5.91 Å². The number of primary amides is 1. The molecule has 0 saturated carbocycles. The fourth-order valence-corrected chi connectivity index (χ4v) is 4.37. The number of anilines is 3. The molecular weight excluding hydrogens is 498 g/mol. The summed E-state index contributed by atoms with van der Waals surface area (Å²) in [6.07, 6.45) is 3.25. The molecule has 0 spiro atoms. The molecule has 4 rings (SSSR count). The molecule has 5 N–H and O–H groups in total. The fourth-order valence-electron chi connectivity index (χ4n) is 4.37. The molecule has 3 aromatic rings. The lowest BCUT2D eigenvalue weighted by atomic mass is 10.1. The molecule has 3 amide bonds. The molecule has 2 atom stereocenters. The maximum absolute atomic E-state index is 12.7. The van der Waals surface area contributed by atoms with Gasteiger partial charge in [0.15, 0.2) is 11.5 Å². The Labute approximate surface area is 228 Å². The summed E-state index contributed by atoms with van der Waals surface area (Å²) < 4.78 is 10.6. The smallest absolute Gasteiger partial charge is 0.315 e. The quantitative estimate of drug-likeness (QED) is 0.275. The molecule has 1 aliphatic heterocycles. The Kier molecular flexibility index (Phi) is 9.52. The van der Waals surface area contributed by atoms with E-state index in [9.17, 15) is 9.59 Å². The molecule has 39 heavy (non-hydrogen) atoms. The molecule has 1 fully saturated rings. The average Bonchev–Trinajstić information content (AvgIpc) is 2.94. The van der Waals surface area contributed by atoms with E-state index in [4.69, 9.17) is 15.2 Å². The summed E-state index contributed by atoms with van der Waals surface area (Å²) in [6.45, 7) is 4.20. The van der Waals surface area contributed by atoms with E-state index in [-0.39, 0.29) is 29.6 Å². The van der Waals surface area contributed by atoms with E-state index in [1.165, 1.54) is 6.20 Å². The number of nitrogens with one attached hydrogen (secondary N) is 3. The third kappa shape index (κ3) is 7.81. The highest BCUT2D eigenvalue weighted by Gasteiger charge is 2.24. The van der Waals surface area contributed by atoms with Gasteiger partial charge in [0.2, 0.25) is 0 Å². The molecule has 1 aliphatic rings. The van der Waals surface area contributed by atoms with Crippen molar-refractivity contribution in [2.24, 2.45) is 5.73 Å². The first-order valence-electron chi connectivity index (χ1n) is 13.0. The number of hydrogen-bond donors (Lipinski definition) is 4. The molecule has 0 unspecified atom stereocenters. The summed E-state index contributed by atoms with van der Waals surface area (Å²) >= 11 is 0. The van der Waals surface area contributed by atoms with E-state index in [2.05, 4.69) is 25.9 Å². The number of nitrogens with zero attached hydrogens (tertiary/aromatic N) is 3. The number of piperidine rings is 1. The number of hydrogen-bond acceptors (Lipinski definition) is 8. The van der Waals surface area contributed by atoms with Crippen LogP contribution in [-0.2, 0) is 4.74 Å². The number of urea groups is 1. The number of nitrogens with two attached hydrogens (primary N) is 1. The van der Waals surface area contributed by atoms with E-state index in [1.807, 2.05) is 66.4 Å². The zero-order chi connectivity index (χ0) is 27.6. The highest BCUT2D eigenvalue weighted by atomic mass is 16.5. The van der Waals surface area contributed by atoms with E-state index in [0.717, 1.165) is 24.9 Å². The lowest BCUT2D eigenvalue weighted by molar-refractivity contribution is 0.0996. The van der Waals surface area contributed by atoms with Gasteiger partial charge in [-0.3, -0.25) is 4.79 Å². The second kappa shape index (κ2) is 13.4. The van der Waals surface area contributed by atoms with Crippen molar-refractivity contribution >= 4 is 29.3 Å². The van der Waals surface area contributed by atoms with Gasteiger partial charge < -0.3 is 36.1 Å². The third-order valence-electron chi connectivity index (χ3n) is 6.39. The largest absolute Gasteiger partial charge is 0.491 e. The Morgan fingerprint density at radius 2 is 1.90 bits per heavy atom. The van der Waals surface area contributed by atoms with Crippen LogP contribution in [0.15, 0.2) is 60.8 Å². The Morgan fingerprint density at radius 1 is 1.13 bits per heavy atom. The first kappa shape index (κ1) is 27.6. The average molecular weight is 534 g/mol. The van der Waals surface area contributed by atoms with Gasteiger partial charge in [-0.05, 0) is 49.6 Å². The SMILES string of the molecule is COCCOc1ccc(Nc2nc(N3CCC[C@@H](NC(=O)N[C@@H](C)c4ccccc4)C3)cnc2C(N)=O)cc1. The van der Waals surface area contributed by atoms with Crippen molar-refractivity contribution in [3.05, 3.63) is 72.1 Å². The van der Waals surface area contributed by atoms with Crippen LogP contribution in [0, 0.1) is 0 Å². The standard InChI is InChI=1S/C28H35N7O4/c1-19(20-7-4-3-5-8-20)31-28(37)33-22-9-6-14-35(18-22)24-17-30-25(26(29)36)27(34-24)32-21-10-12-23(13-11-21)39-16-15-38-2/h3-5,7-8,10-13,17,19,22H,6,9,14-16,18H2,1-2H3,(H2,29,36)(H,32,34)(H2,31,33,37)/t19-,22+/m0/s1. The molecule has 1 saturated heterocycles. The number of methoxy groups -OCH3 is 1. The summed E-state index contributed by atoms with van der Waals surface area (Å²) in [7, 11) is 1.62. The molecule has 2 heterocycles. The van der Waals surface area contributed by atoms with Crippen LogP contribution < -0.4 is 31.3 Å². The second-order valence-corrected chi connectivity index (χ2v) is 9.32. The van der Waals surface area contributed by atoms with Gasteiger partial charge in [-0.25, -0.2) is 14.8 Å². The van der Waals surface area contributed by atoms with Gasteiger partial charge in [0, 0.05) is 31.9 Å². The highest BCUT2D eigenvalue weighted by molar-refractivity contribution is 5.96. The van der Waals surface area contributed by atoms with E-state index >= 15 is 0 Å². The molecule has 0 aliphatic carbocycles. The molecule has 1 aromatic heterocycles. The Bertz CT molecular complexity index is 1240. The van der Waals surface area contributed by atoms with Crippen molar-refractivity contribution < 1.29 is 19.1 Å². The monoisotopic (exact) mass is 533 g/mol. The first-order chi connectivity index (χ1) is 18.9. The zero-order valence-electron chi connectivity index (χ0n) is 22.2. The van der Waals surface area contributed by atoms with Crippen molar-refractivity contribution in [1.82, 2.24) is 20.6 Å². The van der Waals surface area contributed by atoms with Gasteiger partial charge in [-0.15, -0.1) is 0 Å². The fraction of sp³-hybridized carbons (Fsp3) is 0.357. The minimum Gasteiger partial charge on any atom is -0.491 e. The zero-order valence-corrected chi connectivity index (χ0v) is 22.2. The molecule has 11 heteroatoms. The Balaban J connectivity index is 1.40. The number of benzene rings is 2. The third-order valence-corrected chi connectivity index (χ3v) is 6.39. The summed E-state index contributed by atoms with van der Waals surface area (Å²) in [5, 5.41) is 9.22. The normalized spacial score (nSPS) is 15.7. The molecule has 206 valence electrons. The van der Waals surface area contributed by atoms with Crippen LogP contribution in [0.25, 0.3) is 0 Å². The minimum atomic E-state index is -0.682. The van der Waals surface area contributed by atoms with E-state index in [1.54, 1.807) is 7.11 Å². The number of carbonyl (C=O) groups excluding carboxylic acids is 2. The lowest BCUT2D eigenvalue weighted by Crippen LogP contribution is -2.51.